The van der Waals surface area contributed by atoms with E-state index in [0.29, 0.717) is 0 Å². The molecule has 2 aromatic rings. The van der Waals surface area contributed by atoms with E-state index in [9.17, 15) is 9.59 Å². The van der Waals surface area contributed by atoms with E-state index >= 15 is 0 Å². The van der Waals surface area contributed by atoms with Gasteiger partial charge in [-0.2, -0.15) is 0 Å². The zero-order valence-electron chi connectivity index (χ0n) is 12.1. The van der Waals surface area contributed by atoms with E-state index in [2.05, 4.69) is 0 Å². The molecule has 0 aliphatic carbocycles. The summed E-state index contributed by atoms with van der Waals surface area (Å²) in [6.07, 6.45) is 0. The number of hydrogen-bond acceptors (Lipinski definition) is 8. The maximum absolute atomic E-state index is 10.3. The number of benzene rings is 2. The van der Waals surface area contributed by atoms with Gasteiger partial charge in [0.2, 0.25) is 0 Å². The normalized spacial score (nSPS) is 9.28. The van der Waals surface area contributed by atoms with Crippen molar-refractivity contribution in [2.45, 2.75) is 0 Å². The molecule has 11 heteroatoms. The van der Waals surface area contributed by atoms with Crippen molar-refractivity contribution in [1.29, 1.82) is 0 Å². The van der Waals surface area contributed by atoms with E-state index in [1.54, 1.807) is 0 Å². The van der Waals surface area contributed by atoms with Crippen LogP contribution in [-0.4, -0.2) is 52.8 Å². The third kappa shape index (κ3) is 5.37. The molecule has 0 saturated carbocycles. The second-order valence-corrected chi connectivity index (χ2v) is 4.34. The van der Waals surface area contributed by atoms with E-state index in [0.717, 1.165) is 24.3 Å². The minimum Gasteiger partial charge on any atom is -0.504 e. The molecule has 2 rings (SSSR count). The van der Waals surface area contributed by atoms with Crippen molar-refractivity contribution in [3.63, 3.8) is 0 Å². The molecule has 0 saturated heterocycles. The van der Waals surface area contributed by atoms with E-state index < -0.39 is 46.4 Å². The number of phenolic OH excluding ortho intramolecular Hbond substituents is 6. The Balaban J connectivity index is 0.000000443. The quantitative estimate of drug-likeness (QED) is 0.268. The molecule has 0 amide bonds. The number of carboxylic acid groups (broad SMARTS) is 2. The molecule has 2 aromatic carbocycles. The van der Waals surface area contributed by atoms with Crippen molar-refractivity contribution >= 4 is 11.9 Å². The van der Waals surface area contributed by atoms with Crippen molar-refractivity contribution in [2.24, 2.45) is 0 Å². The molecule has 0 aliphatic heterocycles. The van der Waals surface area contributed by atoms with Crippen molar-refractivity contribution in [3.05, 3.63) is 35.4 Å². The Kier molecular flexibility index (Phi) is 7.40. The number of hydrogen-bond donors (Lipinski definition) is 8. The maximum Gasteiger partial charge on any atom is 0.335 e. The average Bonchev–Trinajstić information content (AvgIpc) is 2.49. The number of carbonyl (C=O) groups is 2. The van der Waals surface area contributed by atoms with Crippen LogP contribution in [0.4, 0.5) is 0 Å². The van der Waals surface area contributed by atoms with Crippen LogP contribution in [0.25, 0.3) is 0 Å². The van der Waals surface area contributed by atoms with Gasteiger partial charge in [-0.3, -0.25) is 0 Å². The van der Waals surface area contributed by atoms with Crippen LogP contribution in [0.15, 0.2) is 24.3 Å². The molecule has 25 heavy (non-hydrogen) atoms. The third-order valence-electron chi connectivity index (χ3n) is 2.63. The Hall–Kier alpha value is -3.30. The van der Waals surface area contributed by atoms with Crippen molar-refractivity contribution < 1.29 is 67.5 Å². The van der Waals surface area contributed by atoms with Crippen LogP contribution in [-0.2, 0) is 17.1 Å². The Morgan fingerprint density at radius 1 is 0.560 bits per heavy atom. The SMILES string of the molecule is O=C(O)c1cc(O)c(O)c(O)c1.O=C(O)c1cc(O)c(O)c(O)c1.[Fe]. The standard InChI is InChI=1S/2C7H6O5.Fe/c2*8-4-1-3(7(11)12)2-5(9)6(4)10;/h2*1-2,8-10H,(H,11,12);. The Morgan fingerprint density at radius 3 is 0.920 bits per heavy atom. The van der Waals surface area contributed by atoms with Gasteiger partial charge < -0.3 is 40.9 Å². The fourth-order valence-corrected chi connectivity index (χ4v) is 1.46. The number of phenols is 6. The summed E-state index contributed by atoms with van der Waals surface area (Å²) in [7, 11) is 0. The summed E-state index contributed by atoms with van der Waals surface area (Å²) in [5.74, 6) is -6.67. The second-order valence-electron chi connectivity index (χ2n) is 4.34. The Labute approximate surface area is 149 Å². The fraction of sp³-hybridized carbons (Fsp3) is 0. The summed E-state index contributed by atoms with van der Waals surface area (Å²) in [5, 5.41) is 69.9. The first kappa shape index (κ1) is 21.7. The fourth-order valence-electron chi connectivity index (χ4n) is 1.46. The first-order chi connectivity index (χ1) is 11.0. The molecule has 136 valence electrons. The molecule has 8 N–H and O–H groups in total. The van der Waals surface area contributed by atoms with Crippen LogP contribution in [0, 0.1) is 0 Å². The minimum atomic E-state index is -1.29. The molecule has 0 aromatic heterocycles. The van der Waals surface area contributed by atoms with Gasteiger partial charge in [0.05, 0.1) is 11.1 Å². The van der Waals surface area contributed by atoms with Crippen LogP contribution in [0.3, 0.4) is 0 Å². The molecule has 0 atom stereocenters. The van der Waals surface area contributed by atoms with Crippen molar-refractivity contribution in [1.82, 2.24) is 0 Å². The summed E-state index contributed by atoms with van der Waals surface area (Å²) in [5.41, 5.74) is -0.578. The number of aromatic hydroxyl groups is 6. The van der Waals surface area contributed by atoms with Gasteiger partial charge in [-0.05, 0) is 24.3 Å². The molecular weight excluding hydrogens is 384 g/mol. The van der Waals surface area contributed by atoms with E-state index in [1.807, 2.05) is 0 Å². The average molecular weight is 396 g/mol. The first-order valence-corrected chi connectivity index (χ1v) is 6.01. The van der Waals surface area contributed by atoms with Gasteiger partial charge in [0.1, 0.15) is 0 Å². The molecule has 10 nitrogen and oxygen atoms in total. The van der Waals surface area contributed by atoms with Crippen LogP contribution in [0.2, 0.25) is 0 Å². The van der Waals surface area contributed by atoms with Crippen LogP contribution < -0.4 is 0 Å². The Morgan fingerprint density at radius 2 is 0.760 bits per heavy atom. The van der Waals surface area contributed by atoms with Gasteiger partial charge in [0, 0.05) is 17.1 Å². The van der Waals surface area contributed by atoms with Gasteiger partial charge in [-0.25, -0.2) is 9.59 Å². The zero-order chi connectivity index (χ0) is 18.6. The van der Waals surface area contributed by atoms with Crippen LogP contribution in [0.5, 0.6) is 34.5 Å². The first-order valence-electron chi connectivity index (χ1n) is 6.01. The molecule has 0 aliphatic rings. The molecule has 0 bridgehead atoms. The third-order valence-corrected chi connectivity index (χ3v) is 2.63. The summed E-state index contributed by atoms with van der Waals surface area (Å²) < 4.78 is 0. The number of aromatic carboxylic acids is 2. The van der Waals surface area contributed by atoms with Crippen molar-refractivity contribution in [3.8, 4) is 34.5 Å². The minimum absolute atomic E-state index is 0. The Bertz CT molecular complexity index is 689. The van der Waals surface area contributed by atoms with Gasteiger partial charge in [0.15, 0.2) is 34.5 Å². The predicted molar refractivity (Wildman–Crippen MR) is 76.8 cm³/mol. The van der Waals surface area contributed by atoms with Crippen molar-refractivity contribution in [2.75, 3.05) is 0 Å². The van der Waals surface area contributed by atoms with E-state index in [-0.39, 0.29) is 28.2 Å². The van der Waals surface area contributed by atoms with Crippen LogP contribution in [0.1, 0.15) is 20.7 Å². The van der Waals surface area contributed by atoms with E-state index in [1.165, 1.54) is 0 Å². The molecule has 0 heterocycles. The summed E-state index contributed by atoms with van der Waals surface area (Å²) in [6, 6.07) is 3.38. The zero-order valence-corrected chi connectivity index (χ0v) is 13.2. The summed E-state index contributed by atoms with van der Waals surface area (Å²) in [6.45, 7) is 0. The predicted octanol–water partition coefficient (Wildman–Crippen LogP) is 1.00. The second kappa shape index (κ2) is 8.52. The maximum atomic E-state index is 10.3. The molecule has 0 radical (unpaired) electrons. The molecular formula is C14H12FeO10. The van der Waals surface area contributed by atoms with Gasteiger partial charge in [-0.1, -0.05) is 0 Å². The van der Waals surface area contributed by atoms with Gasteiger partial charge in [-0.15, -0.1) is 0 Å². The largest absolute Gasteiger partial charge is 0.504 e. The van der Waals surface area contributed by atoms with Gasteiger partial charge >= 0.3 is 11.9 Å². The number of rotatable bonds is 2. The topological polar surface area (TPSA) is 196 Å². The summed E-state index contributed by atoms with van der Waals surface area (Å²) in [4.78, 5) is 20.6. The molecule has 0 fully saturated rings. The number of carboxylic acids is 2. The summed E-state index contributed by atoms with van der Waals surface area (Å²) >= 11 is 0. The molecule has 0 unspecified atom stereocenters. The monoisotopic (exact) mass is 396 g/mol. The van der Waals surface area contributed by atoms with E-state index in [4.69, 9.17) is 40.9 Å². The molecule has 0 spiro atoms. The van der Waals surface area contributed by atoms with Gasteiger partial charge in [0.25, 0.3) is 0 Å². The smallest absolute Gasteiger partial charge is 0.335 e. The van der Waals surface area contributed by atoms with Crippen LogP contribution >= 0.6 is 0 Å².